The molecule has 5 aromatic rings. The van der Waals surface area contributed by atoms with Gasteiger partial charge in [0.2, 0.25) is 0 Å². The first-order valence-corrected chi connectivity index (χ1v) is 11.4. The number of H-pyrrole nitrogens is 1. The van der Waals surface area contributed by atoms with Crippen molar-refractivity contribution >= 4 is 22.6 Å². The number of ether oxygens (including phenoxy) is 2. The van der Waals surface area contributed by atoms with E-state index < -0.39 is 0 Å². The van der Waals surface area contributed by atoms with Crippen LogP contribution in [0.1, 0.15) is 15.9 Å². The number of carbonyl (C=O) groups is 1. The highest BCUT2D eigenvalue weighted by atomic mass is 16.5. The molecule has 0 aliphatic carbocycles. The number of aromatic nitrogens is 2. The second-order valence-corrected chi connectivity index (χ2v) is 8.27. The van der Waals surface area contributed by atoms with Crippen LogP contribution in [0.15, 0.2) is 102 Å². The van der Waals surface area contributed by atoms with Gasteiger partial charge in [-0.1, -0.05) is 60.7 Å². The van der Waals surface area contributed by atoms with Crippen molar-refractivity contribution in [3.63, 3.8) is 0 Å². The highest BCUT2D eigenvalue weighted by molar-refractivity contribution is 6.07. The van der Waals surface area contributed by atoms with Crippen molar-refractivity contribution in [3.8, 4) is 28.4 Å². The van der Waals surface area contributed by atoms with Crippen LogP contribution in [0.4, 0.5) is 0 Å². The smallest absolute Gasteiger partial charge is 0.330 e. The molecule has 6 heteroatoms. The number of ketones is 1. The Morgan fingerprint density at radius 2 is 1.64 bits per heavy atom. The molecule has 36 heavy (non-hydrogen) atoms. The third-order valence-electron chi connectivity index (χ3n) is 6.02. The third kappa shape index (κ3) is 4.57. The molecule has 178 valence electrons. The monoisotopic (exact) mass is 476 g/mol. The molecule has 6 nitrogen and oxygen atoms in total. The number of aromatic amines is 1. The molecule has 0 unspecified atom stereocenters. The van der Waals surface area contributed by atoms with Gasteiger partial charge in [0, 0.05) is 17.3 Å². The molecule has 4 aromatic carbocycles. The molecule has 0 bridgehead atoms. The van der Waals surface area contributed by atoms with Gasteiger partial charge in [-0.15, -0.1) is 0 Å². The van der Waals surface area contributed by atoms with Crippen molar-refractivity contribution in [2.24, 2.45) is 0 Å². The largest absolute Gasteiger partial charge is 0.493 e. The van der Waals surface area contributed by atoms with Crippen LogP contribution in [0, 0.1) is 0 Å². The molecule has 0 radical (unpaired) electrons. The summed E-state index contributed by atoms with van der Waals surface area (Å²) < 4.78 is 12.1. The van der Waals surface area contributed by atoms with Crippen molar-refractivity contribution in [2.75, 3.05) is 14.2 Å². The van der Waals surface area contributed by atoms with Crippen LogP contribution >= 0.6 is 0 Å². The lowest BCUT2D eigenvalue weighted by Crippen LogP contribution is -2.14. The zero-order valence-electron chi connectivity index (χ0n) is 19.9. The molecule has 0 aliphatic heterocycles. The summed E-state index contributed by atoms with van der Waals surface area (Å²) in [7, 11) is 3.14. The Balaban J connectivity index is 1.41. The van der Waals surface area contributed by atoms with Crippen molar-refractivity contribution in [1.29, 1.82) is 0 Å². The summed E-state index contributed by atoms with van der Waals surface area (Å²) in [6.45, 7) is 0. The number of imidazole rings is 1. The lowest BCUT2D eigenvalue weighted by atomic mass is 10.1. The predicted molar refractivity (Wildman–Crippen MR) is 142 cm³/mol. The summed E-state index contributed by atoms with van der Waals surface area (Å²) in [5.74, 6) is 1.03. The van der Waals surface area contributed by atoms with Crippen LogP contribution < -0.4 is 15.2 Å². The minimum atomic E-state index is -0.274. The van der Waals surface area contributed by atoms with Crippen LogP contribution in [0.5, 0.6) is 11.5 Å². The maximum Gasteiger partial charge on any atom is 0.330 e. The van der Waals surface area contributed by atoms with E-state index in [2.05, 4.69) is 11.1 Å². The van der Waals surface area contributed by atoms with E-state index in [9.17, 15) is 9.59 Å². The number of rotatable bonds is 7. The molecular weight excluding hydrogens is 452 g/mol. The fraction of sp³-hybridized carbons (Fsp3) is 0.0667. The molecule has 0 amide bonds. The van der Waals surface area contributed by atoms with Crippen molar-refractivity contribution in [1.82, 2.24) is 9.55 Å². The first-order valence-electron chi connectivity index (χ1n) is 11.4. The average molecular weight is 477 g/mol. The normalized spacial score (nSPS) is 11.2. The third-order valence-corrected chi connectivity index (χ3v) is 6.02. The van der Waals surface area contributed by atoms with Crippen LogP contribution in [0.3, 0.4) is 0 Å². The van der Waals surface area contributed by atoms with Crippen molar-refractivity contribution in [2.45, 2.75) is 0 Å². The van der Waals surface area contributed by atoms with Gasteiger partial charge in [0.05, 0.1) is 25.6 Å². The van der Waals surface area contributed by atoms with Gasteiger partial charge >= 0.3 is 5.69 Å². The van der Waals surface area contributed by atoms with Crippen molar-refractivity contribution < 1.29 is 14.3 Å². The fourth-order valence-electron chi connectivity index (χ4n) is 4.12. The molecule has 0 saturated carbocycles. The second kappa shape index (κ2) is 9.80. The molecule has 1 heterocycles. The number of hydrogen-bond donors (Lipinski definition) is 1. The standard InChI is InChI=1S/C30H24N2O4/c1-35-28-15-11-20(16-29(28)36-2)10-14-27(33)24-8-5-9-25(18-24)32-19-26(31-30(32)34)23-13-12-21-6-3-4-7-22(21)17-23/h3-19H,1-2H3,(H,31,34)/b14-10+. The Hall–Kier alpha value is -4.84. The van der Waals surface area contributed by atoms with E-state index in [4.69, 9.17) is 9.47 Å². The summed E-state index contributed by atoms with van der Waals surface area (Å²) >= 11 is 0. The van der Waals surface area contributed by atoms with Crippen molar-refractivity contribution in [3.05, 3.63) is 119 Å². The van der Waals surface area contributed by atoms with Gasteiger partial charge in [0.25, 0.3) is 0 Å². The van der Waals surface area contributed by atoms with E-state index in [-0.39, 0.29) is 11.5 Å². The SMILES string of the molecule is COc1ccc(/C=C/C(=O)c2cccc(-n3cc(-c4ccc5ccccc5c4)[nH]c3=O)c2)cc1OC. The molecule has 0 spiro atoms. The van der Waals surface area contributed by atoms with Gasteiger partial charge in [0.1, 0.15) is 0 Å². The maximum atomic E-state index is 12.9. The number of nitrogens with one attached hydrogen (secondary N) is 1. The molecular formula is C30H24N2O4. The molecule has 5 rings (SSSR count). The van der Waals surface area contributed by atoms with Crippen LogP contribution in [-0.4, -0.2) is 29.6 Å². The number of allylic oxidation sites excluding steroid dienone is 1. The van der Waals surface area contributed by atoms with E-state index in [1.165, 1.54) is 10.6 Å². The zero-order valence-corrected chi connectivity index (χ0v) is 19.9. The van der Waals surface area contributed by atoms with Crippen LogP contribution in [-0.2, 0) is 0 Å². The second-order valence-electron chi connectivity index (χ2n) is 8.27. The topological polar surface area (TPSA) is 73.3 Å². The van der Waals surface area contributed by atoms with Crippen LogP contribution in [0.2, 0.25) is 0 Å². The maximum absolute atomic E-state index is 12.9. The highest BCUT2D eigenvalue weighted by Gasteiger charge is 2.10. The van der Waals surface area contributed by atoms with E-state index in [0.717, 1.165) is 21.9 Å². The highest BCUT2D eigenvalue weighted by Crippen LogP contribution is 2.28. The van der Waals surface area contributed by atoms with Gasteiger partial charge < -0.3 is 14.5 Å². The van der Waals surface area contributed by atoms with Crippen LogP contribution in [0.25, 0.3) is 33.8 Å². The summed E-state index contributed by atoms with van der Waals surface area (Å²) in [6, 6.07) is 26.6. The average Bonchev–Trinajstić information content (AvgIpc) is 3.32. The number of fused-ring (bicyclic) bond motifs is 1. The first-order chi connectivity index (χ1) is 17.6. The summed E-state index contributed by atoms with van der Waals surface area (Å²) in [5.41, 5.74) is 3.23. The van der Waals surface area contributed by atoms with Gasteiger partial charge in [-0.3, -0.25) is 9.36 Å². The van der Waals surface area contributed by atoms with Gasteiger partial charge in [-0.25, -0.2) is 4.79 Å². The Morgan fingerprint density at radius 3 is 2.44 bits per heavy atom. The number of methoxy groups -OCH3 is 2. The fourth-order valence-corrected chi connectivity index (χ4v) is 4.12. The summed E-state index contributed by atoms with van der Waals surface area (Å²) in [5, 5.41) is 2.23. The Bertz CT molecular complexity index is 1660. The molecule has 1 aromatic heterocycles. The van der Waals surface area contributed by atoms with E-state index >= 15 is 0 Å². The molecule has 0 atom stereocenters. The number of nitrogens with zero attached hydrogens (tertiary/aromatic N) is 1. The first kappa shape index (κ1) is 22.9. The van der Waals surface area contributed by atoms with Gasteiger partial charge in [-0.2, -0.15) is 0 Å². The number of hydrogen-bond acceptors (Lipinski definition) is 4. The molecule has 1 N–H and O–H groups in total. The Labute approximate surface area is 208 Å². The number of carbonyl (C=O) groups excluding carboxylic acids is 1. The Kier molecular flexibility index (Phi) is 6.24. The quantitative estimate of drug-likeness (QED) is 0.235. The lowest BCUT2D eigenvalue weighted by Gasteiger charge is -2.07. The molecule has 0 saturated heterocycles. The predicted octanol–water partition coefficient (Wildman–Crippen LogP) is 5.90. The lowest BCUT2D eigenvalue weighted by molar-refractivity contribution is 0.104. The van der Waals surface area contributed by atoms with E-state index in [1.54, 1.807) is 62.9 Å². The van der Waals surface area contributed by atoms with E-state index in [0.29, 0.717) is 28.4 Å². The number of benzene rings is 4. The summed E-state index contributed by atoms with van der Waals surface area (Å²) in [6.07, 6.45) is 4.98. The molecule has 0 fully saturated rings. The van der Waals surface area contributed by atoms with Gasteiger partial charge in [-0.05, 0) is 52.7 Å². The van der Waals surface area contributed by atoms with E-state index in [1.807, 2.05) is 42.5 Å². The Morgan fingerprint density at radius 1 is 0.833 bits per heavy atom. The minimum absolute atomic E-state index is 0.176. The minimum Gasteiger partial charge on any atom is -0.493 e. The summed E-state index contributed by atoms with van der Waals surface area (Å²) in [4.78, 5) is 28.6. The van der Waals surface area contributed by atoms with Gasteiger partial charge in [0.15, 0.2) is 17.3 Å². The zero-order chi connectivity index (χ0) is 25.1. The molecule has 0 aliphatic rings.